The molecule has 0 aromatic heterocycles. The van der Waals surface area contributed by atoms with Crippen LogP contribution >= 0.6 is 0 Å². The third-order valence-electron chi connectivity index (χ3n) is 3.12. The van der Waals surface area contributed by atoms with Gasteiger partial charge in [-0.1, -0.05) is 12.8 Å². The molecular weight excluding hydrogens is 150 g/mol. The number of hydrogen-bond acceptors (Lipinski definition) is 2. The van der Waals surface area contributed by atoms with E-state index < -0.39 is 0 Å². The molecule has 2 saturated heterocycles. The fourth-order valence-corrected chi connectivity index (χ4v) is 2.36. The number of ether oxygens (including phenoxy) is 1. The van der Waals surface area contributed by atoms with E-state index in [1.165, 1.54) is 45.2 Å². The van der Waals surface area contributed by atoms with Crippen LogP contribution in [0.5, 0.6) is 0 Å². The van der Waals surface area contributed by atoms with Crippen LogP contribution < -0.4 is 0 Å². The van der Waals surface area contributed by atoms with Crippen molar-refractivity contribution in [2.45, 2.75) is 38.1 Å². The normalized spacial score (nSPS) is 33.5. The second kappa shape index (κ2) is 4.24. The van der Waals surface area contributed by atoms with Gasteiger partial charge in [-0.25, -0.2) is 0 Å². The van der Waals surface area contributed by atoms with Gasteiger partial charge in [0, 0.05) is 19.2 Å². The van der Waals surface area contributed by atoms with Crippen LogP contribution in [0.3, 0.4) is 0 Å². The van der Waals surface area contributed by atoms with Gasteiger partial charge in [0.2, 0.25) is 0 Å². The SMILES string of the molecule is C1CC[C@@H]2CCOCCN2CC1. The van der Waals surface area contributed by atoms with Crippen LogP contribution in [0.1, 0.15) is 32.1 Å². The number of rotatable bonds is 0. The van der Waals surface area contributed by atoms with Crippen LogP contribution in [0, 0.1) is 0 Å². The third kappa shape index (κ3) is 1.99. The molecule has 2 heterocycles. The Bertz CT molecular complexity index is 110. The molecule has 0 N–H and O–H groups in total. The highest BCUT2D eigenvalue weighted by Gasteiger charge is 2.22. The van der Waals surface area contributed by atoms with Gasteiger partial charge < -0.3 is 4.74 Å². The van der Waals surface area contributed by atoms with Crippen molar-refractivity contribution < 1.29 is 4.74 Å². The van der Waals surface area contributed by atoms with E-state index in [0.29, 0.717) is 0 Å². The maximum atomic E-state index is 5.49. The highest BCUT2D eigenvalue weighted by molar-refractivity contribution is 4.76. The zero-order chi connectivity index (χ0) is 8.23. The van der Waals surface area contributed by atoms with Crippen molar-refractivity contribution >= 4 is 0 Å². The van der Waals surface area contributed by atoms with Crippen molar-refractivity contribution in [2.75, 3.05) is 26.3 Å². The topological polar surface area (TPSA) is 12.5 Å². The van der Waals surface area contributed by atoms with E-state index in [2.05, 4.69) is 4.90 Å². The first-order valence-electron chi connectivity index (χ1n) is 5.28. The van der Waals surface area contributed by atoms with E-state index in [4.69, 9.17) is 4.74 Å². The lowest BCUT2D eigenvalue weighted by atomic mass is 10.1. The molecule has 0 spiro atoms. The molecule has 0 unspecified atom stereocenters. The average Bonchev–Trinajstić information content (AvgIpc) is 2.38. The first-order valence-corrected chi connectivity index (χ1v) is 5.28. The van der Waals surface area contributed by atoms with E-state index in [0.717, 1.165) is 19.3 Å². The number of fused-ring (bicyclic) bond motifs is 1. The summed E-state index contributed by atoms with van der Waals surface area (Å²) >= 11 is 0. The number of nitrogens with zero attached hydrogens (tertiary/aromatic N) is 1. The zero-order valence-electron chi connectivity index (χ0n) is 7.80. The lowest BCUT2D eigenvalue weighted by Crippen LogP contribution is -2.35. The smallest absolute Gasteiger partial charge is 0.0593 e. The minimum Gasteiger partial charge on any atom is -0.380 e. The maximum Gasteiger partial charge on any atom is 0.0593 e. The molecule has 0 amide bonds. The van der Waals surface area contributed by atoms with E-state index in [1.807, 2.05) is 0 Å². The highest BCUT2D eigenvalue weighted by Crippen LogP contribution is 2.20. The summed E-state index contributed by atoms with van der Waals surface area (Å²) in [6.07, 6.45) is 6.94. The fraction of sp³-hybridized carbons (Fsp3) is 1.00. The molecule has 0 aromatic rings. The summed E-state index contributed by atoms with van der Waals surface area (Å²) < 4.78 is 5.49. The quantitative estimate of drug-likeness (QED) is 0.546. The van der Waals surface area contributed by atoms with Crippen LogP contribution in [0.2, 0.25) is 0 Å². The van der Waals surface area contributed by atoms with E-state index in [1.54, 1.807) is 0 Å². The second-order valence-corrected chi connectivity index (χ2v) is 3.94. The first-order chi connectivity index (χ1) is 5.97. The molecule has 2 heteroatoms. The fourth-order valence-electron chi connectivity index (χ4n) is 2.36. The molecule has 0 radical (unpaired) electrons. The molecule has 0 bridgehead atoms. The molecule has 2 nitrogen and oxygen atoms in total. The summed E-state index contributed by atoms with van der Waals surface area (Å²) in [6, 6.07) is 0.843. The molecule has 2 rings (SSSR count). The summed E-state index contributed by atoms with van der Waals surface area (Å²) in [5, 5.41) is 0. The minimum absolute atomic E-state index is 0.843. The van der Waals surface area contributed by atoms with E-state index >= 15 is 0 Å². The molecular formula is C10H19NO. The van der Waals surface area contributed by atoms with Gasteiger partial charge in [0.1, 0.15) is 0 Å². The third-order valence-corrected chi connectivity index (χ3v) is 3.12. The Kier molecular flexibility index (Phi) is 3.01. The van der Waals surface area contributed by atoms with Crippen molar-refractivity contribution in [3.63, 3.8) is 0 Å². The van der Waals surface area contributed by atoms with Gasteiger partial charge in [0.25, 0.3) is 0 Å². The van der Waals surface area contributed by atoms with Gasteiger partial charge in [0.05, 0.1) is 6.61 Å². The number of hydrogen-bond donors (Lipinski definition) is 0. The summed E-state index contributed by atoms with van der Waals surface area (Å²) in [6.45, 7) is 4.43. The lowest BCUT2D eigenvalue weighted by molar-refractivity contribution is 0.140. The summed E-state index contributed by atoms with van der Waals surface area (Å²) in [4.78, 5) is 2.64. The Labute approximate surface area is 74.9 Å². The highest BCUT2D eigenvalue weighted by atomic mass is 16.5. The summed E-state index contributed by atoms with van der Waals surface area (Å²) in [5.74, 6) is 0. The van der Waals surface area contributed by atoms with Crippen LogP contribution in [0.25, 0.3) is 0 Å². The molecule has 12 heavy (non-hydrogen) atoms. The van der Waals surface area contributed by atoms with Gasteiger partial charge in [-0.3, -0.25) is 4.90 Å². The molecule has 2 aliphatic heterocycles. The largest absolute Gasteiger partial charge is 0.380 e. The van der Waals surface area contributed by atoms with E-state index in [-0.39, 0.29) is 0 Å². The van der Waals surface area contributed by atoms with Crippen molar-refractivity contribution in [1.29, 1.82) is 0 Å². The first kappa shape index (κ1) is 8.52. The molecule has 0 aromatic carbocycles. The predicted octanol–water partition coefficient (Wildman–Crippen LogP) is 1.65. The molecule has 2 fully saturated rings. The maximum absolute atomic E-state index is 5.49. The second-order valence-electron chi connectivity index (χ2n) is 3.94. The van der Waals surface area contributed by atoms with Gasteiger partial charge in [0.15, 0.2) is 0 Å². The van der Waals surface area contributed by atoms with Crippen LogP contribution in [0.4, 0.5) is 0 Å². The standard InChI is InChI=1S/C10H19NO/c1-2-4-10-5-8-12-9-7-11(10)6-3-1/h10H,1-9H2/t10-/m1/s1. The Hall–Kier alpha value is -0.0800. The molecule has 0 aliphatic carbocycles. The zero-order valence-corrected chi connectivity index (χ0v) is 7.80. The monoisotopic (exact) mass is 169 g/mol. The molecule has 70 valence electrons. The van der Waals surface area contributed by atoms with Gasteiger partial charge >= 0.3 is 0 Å². The van der Waals surface area contributed by atoms with Crippen LogP contribution in [-0.2, 0) is 4.74 Å². The minimum atomic E-state index is 0.843. The lowest BCUT2D eigenvalue weighted by Gasteiger charge is -2.26. The van der Waals surface area contributed by atoms with Crippen molar-refractivity contribution in [3.8, 4) is 0 Å². The molecule has 1 atom stereocenters. The van der Waals surface area contributed by atoms with Gasteiger partial charge in [-0.2, -0.15) is 0 Å². The molecule has 2 aliphatic rings. The van der Waals surface area contributed by atoms with Crippen LogP contribution in [-0.4, -0.2) is 37.2 Å². The summed E-state index contributed by atoms with van der Waals surface area (Å²) in [7, 11) is 0. The average molecular weight is 169 g/mol. The Morgan fingerprint density at radius 3 is 2.92 bits per heavy atom. The molecule has 0 saturated carbocycles. The van der Waals surface area contributed by atoms with Gasteiger partial charge in [-0.05, 0) is 25.8 Å². The van der Waals surface area contributed by atoms with E-state index in [9.17, 15) is 0 Å². The predicted molar refractivity (Wildman–Crippen MR) is 49.3 cm³/mol. The Morgan fingerprint density at radius 1 is 0.917 bits per heavy atom. The van der Waals surface area contributed by atoms with Crippen molar-refractivity contribution in [3.05, 3.63) is 0 Å². The van der Waals surface area contributed by atoms with Crippen LogP contribution in [0.15, 0.2) is 0 Å². The Balaban J connectivity index is 1.94. The Morgan fingerprint density at radius 2 is 1.92 bits per heavy atom. The van der Waals surface area contributed by atoms with Crippen molar-refractivity contribution in [2.24, 2.45) is 0 Å². The van der Waals surface area contributed by atoms with Gasteiger partial charge in [-0.15, -0.1) is 0 Å². The van der Waals surface area contributed by atoms with Crippen molar-refractivity contribution in [1.82, 2.24) is 4.90 Å². The summed E-state index contributed by atoms with van der Waals surface area (Å²) in [5.41, 5.74) is 0.